The number of alkyl halides is 3. The highest BCUT2D eigenvalue weighted by molar-refractivity contribution is 7.09. The van der Waals surface area contributed by atoms with Crippen molar-refractivity contribution in [1.29, 1.82) is 0 Å². The van der Waals surface area contributed by atoms with Gasteiger partial charge in [0.1, 0.15) is 0 Å². The number of halogens is 3. The molecule has 84 valence electrons. The number of hydrogen-bond acceptors (Lipinski definition) is 4. The normalized spacial score (nSPS) is 18.2. The third-order valence-corrected chi connectivity index (χ3v) is 3.58. The largest absolute Gasteiger partial charge is 0.347 e. The Morgan fingerprint density at radius 1 is 1.13 bits per heavy atom. The predicted octanol–water partition coefficient (Wildman–Crippen LogP) is 3.36. The lowest BCUT2D eigenvalue weighted by Gasteiger charge is -2.25. The molecular formula is C8H10Cl3N3S. The summed E-state index contributed by atoms with van der Waals surface area (Å²) in [6.07, 6.45) is 3.68. The quantitative estimate of drug-likeness (QED) is 0.741. The second kappa shape index (κ2) is 4.62. The van der Waals surface area contributed by atoms with Gasteiger partial charge in [-0.2, -0.15) is 9.36 Å². The van der Waals surface area contributed by atoms with Crippen LogP contribution in [0.4, 0.5) is 5.13 Å². The minimum absolute atomic E-state index is 0.276. The van der Waals surface area contributed by atoms with Gasteiger partial charge in [-0.3, -0.25) is 0 Å². The topological polar surface area (TPSA) is 29.0 Å². The van der Waals surface area contributed by atoms with Gasteiger partial charge in [-0.15, -0.1) is 0 Å². The molecule has 1 aliphatic rings. The van der Waals surface area contributed by atoms with Gasteiger partial charge >= 0.3 is 0 Å². The molecule has 0 N–H and O–H groups in total. The third kappa shape index (κ3) is 2.87. The van der Waals surface area contributed by atoms with Crippen molar-refractivity contribution in [3.63, 3.8) is 0 Å². The fourth-order valence-corrected chi connectivity index (χ4v) is 2.72. The van der Waals surface area contributed by atoms with E-state index < -0.39 is 3.79 Å². The van der Waals surface area contributed by atoms with E-state index in [0.717, 1.165) is 18.2 Å². The molecule has 0 aromatic carbocycles. The Morgan fingerprint density at radius 2 is 1.80 bits per heavy atom. The number of rotatable bonds is 1. The lowest BCUT2D eigenvalue weighted by atomic mass is 10.1. The molecular weight excluding hydrogens is 277 g/mol. The molecule has 0 amide bonds. The fourth-order valence-electron chi connectivity index (χ4n) is 1.54. The van der Waals surface area contributed by atoms with Crippen LogP contribution >= 0.6 is 46.3 Å². The molecule has 0 saturated carbocycles. The Balaban J connectivity index is 2.12. The van der Waals surface area contributed by atoms with Crippen LogP contribution in [0.15, 0.2) is 0 Å². The van der Waals surface area contributed by atoms with E-state index in [1.165, 1.54) is 30.8 Å². The van der Waals surface area contributed by atoms with Crippen molar-refractivity contribution < 1.29 is 0 Å². The molecule has 1 saturated heterocycles. The second-order valence-electron chi connectivity index (χ2n) is 3.45. The van der Waals surface area contributed by atoms with Gasteiger partial charge in [0.25, 0.3) is 3.79 Å². The van der Waals surface area contributed by atoms with Crippen molar-refractivity contribution in [2.24, 2.45) is 0 Å². The average molecular weight is 287 g/mol. The lowest BCUT2D eigenvalue weighted by Crippen LogP contribution is -2.29. The van der Waals surface area contributed by atoms with Crippen LogP contribution in [0.3, 0.4) is 0 Å². The van der Waals surface area contributed by atoms with Crippen molar-refractivity contribution in [3.8, 4) is 0 Å². The molecule has 15 heavy (non-hydrogen) atoms. The summed E-state index contributed by atoms with van der Waals surface area (Å²) in [6.45, 7) is 2.04. The van der Waals surface area contributed by atoms with Crippen molar-refractivity contribution >= 4 is 51.5 Å². The Kier molecular flexibility index (Phi) is 3.60. The van der Waals surface area contributed by atoms with Gasteiger partial charge < -0.3 is 4.90 Å². The molecule has 1 aliphatic heterocycles. The van der Waals surface area contributed by atoms with Crippen LogP contribution < -0.4 is 4.90 Å². The first-order chi connectivity index (χ1) is 7.07. The molecule has 0 unspecified atom stereocenters. The van der Waals surface area contributed by atoms with E-state index in [-0.39, 0.29) is 5.82 Å². The number of piperidine rings is 1. The molecule has 2 rings (SSSR count). The number of aromatic nitrogens is 2. The highest BCUT2D eigenvalue weighted by atomic mass is 35.6. The maximum Gasteiger partial charge on any atom is 0.251 e. The zero-order chi connectivity index (χ0) is 10.9. The average Bonchev–Trinajstić information content (AvgIpc) is 2.67. The van der Waals surface area contributed by atoms with Crippen molar-refractivity contribution in [2.45, 2.75) is 23.1 Å². The Labute approximate surface area is 108 Å². The van der Waals surface area contributed by atoms with Crippen LogP contribution in [0.25, 0.3) is 0 Å². The predicted molar refractivity (Wildman–Crippen MR) is 65.2 cm³/mol. The number of hydrogen-bond donors (Lipinski definition) is 0. The summed E-state index contributed by atoms with van der Waals surface area (Å²) in [6, 6.07) is 0. The van der Waals surface area contributed by atoms with Gasteiger partial charge in [-0.05, 0) is 19.3 Å². The summed E-state index contributed by atoms with van der Waals surface area (Å²) >= 11 is 18.4. The minimum atomic E-state index is -1.51. The van der Waals surface area contributed by atoms with Crippen molar-refractivity contribution in [1.82, 2.24) is 9.36 Å². The lowest BCUT2D eigenvalue weighted by molar-refractivity contribution is 0.576. The van der Waals surface area contributed by atoms with Gasteiger partial charge in [-0.1, -0.05) is 34.8 Å². The molecule has 0 bridgehead atoms. The zero-order valence-corrected chi connectivity index (χ0v) is 11.0. The Morgan fingerprint density at radius 3 is 2.33 bits per heavy atom. The number of nitrogens with zero attached hydrogens (tertiary/aromatic N) is 3. The van der Waals surface area contributed by atoms with Crippen LogP contribution in [0.1, 0.15) is 25.1 Å². The smallest absolute Gasteiger partial charge is 0.251 e. The zero-order valence-electron chi connectivity index (χ0n) is 7.92. The summed E-state index contributed by atoms with van der Waals surface area (Å²) in [7, 11) is 0. The summed E-state index contributed by atoms with van der Waals surface area (Å²) in [5, 5.41) is 0.857. The maximum absolute atomic E-state index is 5.70. The van der Waals surface area contributed by atoms with Crippen LogP contribution in [-0.4, -0.2) is 22.4 Å². The SMILES string of the molecule is ClC(Cl)(Cl)c1nsc(N2CCCCC2)n1. The van der Waals surface area contributed by atoms with E-state index >= 15 is 0 Å². The van der Waals surface area contributed by atoms with E-state index in [1.807, 2.05) is 0 Å². The summed E-state index contributed by atoms with van der Waals surface area (Å²) in [5.41, 5.74) is 0. The first-order valence-electron chi connectivity index (χ1n) is 4.73. The fraction of sp³-hybridized carbons (Fsp3) is 0.750. The van der Waals surface area contributed by atoms with E-state index in [2.05, 4.69) is 14.3 Å². The van der Waals surface area contributed by atoms with Gasteiger partial charge in [0.15, 0.2) is 5.82 Å². The van der Waals surface area contributed by atoms with Gasteiger partial charge in [-0.25, -0.2) is 0 Å². The van der Waals surface area contributed by atoms with Crippen LogP contribution in [0.5, 0.6) is 0 Å². The summed E-state index contributed by atoms with van der Waals surface area (Å²) in [5.74, 6) is 0.276. The Bertz CT molecular complexity index is 330. The van der Waals surface area contributed by atoms with Gasteiger partial charge in [0, 0.05) is 24.6 Å². The third-order valence-electron chi connectivity index (χ3n) is 2.30. The standard InChI is InChI=1S/C8H10Cl3N3S/c9-8(10,11)6-12-7(15-13-6)14-4-2-1-3-5-14/h1-5H2. The number of anilines is 1. The van der Waals surface area contributed by atoms with E-state index in [1.54, 1.807) is 0 Å². The van der Waals surface area contributed by atoms with Gasteiger partial charge in [0.05, 0.1) is 0 Å². The first-order valence-corrected chi connectivity index (χ1v) is 6.64. The highest BCUT2D eigenvalue weighted by Gasteiger charge is 2.29. The minimum Gasteiger partial charge on any atom is -0.347 e. The summed E-state index contributed by atoms with van der Waals surface area (Å²) in [4.78, 5) is 6.44. The molecule has 1 aromatic heterocycles. The molecule has 3 nitrogen and oxygen atoms in total. The maximum atomic E-state index is 5.70. The Hall–Kier alpha value is 0.230. The summed E-state index contributed by atoms with van der Waals surface area (Å²) < 4.78 is 2.55. The molecule has 1 fully saturated rings. The molecule has 0 aliphatic carbocycles. The van der Waals surface area contributed by atoms with E-state index in [0.29, 0.717) is 0 Å². The van der Waals surface area contributed by atoms with Crippen LogP contribution in [0, 0.1) is 0 Å². The van der Waals surface area contributed by atoms with Crippen LogP contribution in [-0.2, 0) is 3.79 Å². The molecule has 2 heterocycles. The molecule has 7 heteroatoms. The molecule has 1 aromatic rings. The van der Waals surface area contributed by atoms with Crippen molar-refractivity contribution in [3.05, 3.63) is 5.82 Å². The first kappa shape index (κ1) is 11.7. The van der Waals surface area contributed by atoms with E-state index in [9.17, 15) is 0 Å². The molecule has 0 atom stereocenters. The van der Waals surface area contributed by atoms with Crippen LogP contribution in [0.2, 0.25) is 0 Å². The monoisotopic (exact) mass is 285 g/mol. The second-order valence-corrected chi connectivity index (χ2v) is 6.46. The highest BCUT2D eigenvalue weighted by Crippen LogP contribution is 2.38. The van der Waals surface area contributed by atoms with E-state index in [4.69, 9.17) is 34.8 Å². The van der Waals surface area contributed by atoms with Crippen molar-refractivity contribution in [2.75, 3.05) is 18.0 Å². The molecule has 0 radical (unpaired) electrons. The van der Waals surface area contributed by atoms with Gasteiger partial charge in [0.2, 0.25) is 5.13 Å². The molecule has 0 spiro atoms.